The van der Waals surface area contributed by atoms with Crippen LogP contribution in [0.2, 0.25) is 0 Å². The van der Waals surface area contributed by atoms with E-state index in [1.165, 1.54) is 12.0 Å². The molecule has 0 bridgehead atoms. The number of esters is 1. The highest BCUT2D eigenvalue weighted by Crippen LogP contribution is 2.22. The molecule has 0 aromatic carbocycles. The molecule has 0 N–H and O–H groups in total. The molecule has 1 aromatic heterocycles. The number of ether oxygens (including phenoxy) is 1. The minimum absolute atomic E-state index is 0.0397. The predicted octanol–water partition coefficient (Wildman–Crippen LogP) is 0.890. The molecule has 1 unspecified atom stereocenters. The number of carbonyl (C=O) groups is 1. The quantitative estimate of drug-likeness (QED) is 0.698. The van der Waals surface area contributed by atoms with Crippen LogP contribution in [0, 0.1) is 0 Å². The zero-order chi connectivity index (χ0) is 9.97. The maximum Gasteiger partial charge on any atom is 0.323 e. The zero-order valence-electron chi connectivity index (χ0n) is 7.97. The fourth-order valence-electron chi connectivity index (χ4n) is 1.55. The summed E-state index contributed by atoms with van der Waals surface area (Å²) in [6.45, 7) is 1.78. The number of nitrogens with zero attached hydrogens (tertiary/aromatic N) is 2. The molecule has 1 aliphatic heterocycles. The third-order valence-electron chi connectivity index (χ3n) is 2.45. The molecular weight excluding hydrogens is 200 g/mol. The lowest BCUT2D eigenvalue weighted by atomic mass is 10.0. The lowest BCUT2D eigenvalue weighted by Crippen LogP contribution is -2.51. The third kappa shape index (κ3) is 1.78. The van der Waals surface area contributed by atoms with Gasteiger partial charge in [-0.05, 0) is 6.42 Å². The Morgan fingerprint density at radius 3 is 3.21 bits per heavy atom. The summed E-state index contributed by atoms with van der Waals surface area (Å²) >= 11 is 1.62. The first-order valence-corrected chi connectivity index (χ1v) is 5.38. The number of likely N-dealkylation sites (tertiary alicyclic amines) is 1. The number of thiazole rings is 1. The fourth-order valence-corrected chi connectivity index (χ4v) is 2.17. The number of aromatic nitrogens is 1. The van der Waals surface area contributed by atoms with Gasteiger partial charge in [-0.3, -0.25) is 14.7 Å². The van der Waals surface area contributed by atoms with Crippen molar-refractivity contribution in [2.24, 2.45) is 0 Å². The number of hydrogen-bond acceptors (Lipinski definition) is 5. The van der Waals surface area contributed by atoms with E-state index in [0.29, 0.717) is 0 Å². The molecule has 2 heterocycles. The van der Waals surface area contributed by atoms with E-state index in [1.54, 1.807) is 11.3 Å². The lowest BCUT2D eigenvalue weighted by Gasteiger charge is -2.38. The molecule has 0 aliphatic carbocycles. The molecule has 1 saturated heterocycles. The van der Waals surface area contributed by atoms with Gasteiger partial charge in [-0.15, -0.1) is 11.3 Å². The van der Waals surface area contributed by atoms with Gasteiger partial charge in [-0.2, -0.15) is 0 Å². The van der Waals surface area contributed by atoms with Crippen LogP contribution in [0.25, 0.3) is 0 Å². The number of methoxy groups -OCH3 is 1. The van der Waals surface area contributed by atoms with Crippen LogP contribution in [0.1, 0.15) is 11.3 Å². The standard InChI is InChI=1S/C9H12N2O2S/c1-13-9(12)8-2-3-11(8)5-7-4-10-6-14-7/h4,6,8H,2-3,5H2,1H3. The highest BCUT2D eigenvalue weighted by Gasteiger charge is 2.34. The average molecular weight is 212 g/mol. The van der Waals surface area contributed by atoms with Crippen LogP contribution in [0.3, 0.4) is 0 Å². The van der Waals surface area contributed by atoms with Crippen molar-refractivity contribution >= 4 is 17.3 Å². The normalized spacial score (nSPS) is 21.6. The smallest absolute Gasteiger partial charge is 0.323 e. The summed E-state index contributed by atoms with van der Waals surface area (Å²) in [6, 6.07) is -0.0397. The Morgan fingerprint density at radius 1 is 1.86 bits per heavy atom. The monoisotopic (exact) mass is 212 g/mol. The third-order valence-corrected chi connectivity index (χ3v) is 3.21. The molecule has 0 radical (unpaired) electrons. The molecule has 76 valence electrons. The van der Waals surface area contributed by atoms with Crippen LogP contribution in [-0.4, -0.2) is 35.5 Å². The first-order chi connectivity index (χ1) is 6.81. The second kappa shape index (κ2) is 4.06. The molecule has 1 fully saturated rings. The van der Waals surface area contributed by atoms with Crippen molar-refractivity contribution in [1.29, 1.82) is 0 Å². The van der Waals surface area contributed by atoms with Crippen molar-refractivity contribution in [3.8, 4) is 0 Å². The Morgan fingerprint density at radius 2 is 2.71 bits per heavy atom. The lowest BCUT2D eigenvalue weighted by molar-refractivity contribution is -0.152. The van der Waals surface area contributed by atoms with Gasteiger partial charge in [-0.1, -0.05) is 0 Å². The van der Waals surface area contributed by atoms with Crippen molar-refractivity contribution < 1.29 is 9.53 Å². The molecule has 0 spiro atoms. The Balaban J connectivity index is 1.91. The minimum Gasteiger partial charge on any atom is -0.468 e. The van der Waals surface area contributed by atoms with Gasteiger partial charge in [0.25, 0.3) is 0 Å². The summed E-state index contributed by atoms with van der Waals surface area (Å²) in [6.07, 6.45) is 2.75. The van der Waals surface area contributed by atoms with E-state index in [2.05, 4.69) is 9.88 Å². The van der Waals surface area contributed by atoms with Crippen LogP contribution < -0.4 is 0 Å². The van der Waals surface area contributed by atoms with E-state index in [1.807, 2.05) is 11.7 Å². The average Bonchev–Trinajstić information content (AvgIpc) is 2.64. The van der Waals surface area contributed by atoms with Gasteiger partial charge in [0.05, 0.1) is 12.6 Å². The molecule has 0 saturated carbocycles. The number of carbonyl (C=O) groups excluding carboxylic acids is 1. The molecule has 1 aromatic rings. The summed E-state index contributed by atoms with van der Waals surface area (Å²) in [5.74, 6) is -0.124. The SMILES string of the molecule is COC(=O)C1CCN1Cc1cncs1. The van der Waals surface area contributed by atoms with Crippen LogP contribution in [0.4, 0.5) is 0 Å². The fraction of sp³-hybridized carbons (Fsp3) is 0.556. The van der Waals surface area contributed by atoms with Gasteiger partial charge in [0.1, 0.15) is 6.04 Å². The summed E-state index contributed by atoms with van der Waals surface area (Å²) in [5, 5.41) is 0. The Bertz CT molecular complexity index is 313. The molecule has 2 rings (SSSR count). The summed E-state index contributed by atoms with van der Waals surface area (Å²) < 4.78 is 4.71. The van der Waals surface area contributed by atoms with Crippen molar-refractivity contribution in [2.75, 3.05) is 13.7 Å². The maximum atomic E-state index is 11.3. The number of hydrogen-bond donors (Lipinski definition) is 0. The molecule has 0 amide bonds. The summed E-state index contributed by atoms with van der Waals surface area (Å²) in [5.41, 5.74) is 1.81. The van der Waals surface area contributed by atoms with E-state index in [4.69, 9.17) is 4.74 Å². The summed E-state index contributed by atoms with van der Waals surface area (Å²) in [7, 11) is 1.44. The molecule has 5 heteroatoms. The molecule has 4 nitrogen and oxygen atoms in total. The zero-order valence-corrected chi connectivity index (χ0v) is 8.79. The van der Waals surface area contributed by atoms with E-state index < -0.39 is 0 Å². The van der Waals surface area contributed by atoms with E-state index in [9.17, 15) is 4.79 Å². The van der Waals surface area contributed by atoms with Gasteiger partial charge in [0, 0.05) is 24.2 Å². The van der Waals surface area contributed by atoms with Crippen LogP contribution in [0.5, 0.6) is 0 Å². The Labute approximate surface area is 86.5 Å². The van der Waals surface area contributed by atoms with Crippen LogP contribution in [-0.2, 0) is 16.1 Å². The molecule has 1 atom stereocenters. The van der Waals surface area contributed by atoms with Crippen molar-refractivity contribution in [1.82, 2.24) is 9.88 Å². The first-order valence-electron chi connectivity index (χ1n) is 4.50. The largest absolute Gasteiger partial charge is 0.468 e. The van der Waals surface area contributed by atoms with Crippen LogP contribution in [0.15, 0.2) is 11.7 Å². The van der Waals surface area contributed by atoms with Gasteiger partial charge < -0.3 is 4.74 Å². The van der Waals surface area contributed by atoms with E-state index >= 15 is 0 Å². The maximum absolute atomic E-state index is 11.3. The van der Waals surface area contributed by atoms with Crippen molar-refractivity contribution in [3.05, 3.63) is 16.6 Å². The van der Waals surface area contributed by atoms with Gasteiger partial charge >= 0.3 is 5.97 Å². The second-order valence-electron chi connectivity index (χ2n) is 3.27. The van der Waals surface area contributed by atoms with Gasteiger partial charge in [-0.25, -0.2) is 0 Å². The van der Waals surface area contributed by atoms with Crippen molar-refractivity contribution in [3.63, 3.8) is 0 Å². The highest BCUT2D eigenvalue weighted by molar-refractivity contribution is 7.09. The summed E-state index contributed by atoms with van der Waals surface area (Å²) in [4.78, 5) is 18.6. The van der Waals surface area contributed by atoms with Gasteiger partial charge in [0.15, 0.2) is 0 Å². The van der Waals surface area contributed by atoms with Gasteiger partial charge in [0.2, 0.25) is 0 Å². The van der Waals surface area contributed by atoms with Crippen LogP contribution >= 0.6 is 11.3 Å². The predicted molar refractivity (Wildman–Crippen MR) is 52.9 cm³/mol. The molecule has 14 heavy (non-hydrogen) atoms. The van der Waals surface area contributed by atoms with E-state index in [0.717, 1.165) is 19.5 Å². The second-order valence-corrected chi connectivity index (χ2v) is 4.24. The highest BCUT2D eigenvalue weighted by atomic mass is 32.1. The topological polar surface area (TPSA) is 42.4 Å². The number of rotatable bonds is 3. The van der Waals surface area contributed by atoms with Crippen molar-refractivity contribution in [2.45, 2.75) is 19.0 Å². The minimum atomic E-state index is -0.124. The molecular formula is C9H12N2O2S. The Kier molecular flexibility index (Phi) is 2.79. The molecule has 1 aliphatic rings. The van der Waals surface area contributed by atoms with E-state index in [-0.39, 0.29) is 12.0 Å². The first kappa shape index (κ1) is 9.61. The Hall–Kier alpha value is -0.940.